The second kappa shape index (κ2) is 10.1. The molecule has 4 rings (SSSR count). The molecule has 5 heteroatoms. The zero-order chi connectivity index (χ0) is 20.9. The maximum absolute atomic E-state index is 11.2. The van der Waals surface area contributed by atoms with Gasteiger partial charge in [0.15, 0.2) is 0 Å². The van der Waals surface area contributed by atoms with Crippen LogP contribution in [0, 0.1) is 5.92 Å². The number of nitrogens with one attached hydrogen (secondary N) is 1. The van der Waals surface area contributed by atoms with Gasteiger partial charge in [0.05, 0.1) is 11.6 Å². The van der Waals surface area contributed by atoms with Crippen molar-refractivity contribution in [3.63, 3.8) is 0 Å². The van der Waals surface area contributed by atoms with Crippen molar-refractivity contribution in [3.8, 4) is 0 Å². The SMILES string of the molecule is CCc1sc(C2=CCSCC2)cc1C(Nc1ccc(C(=O)O)cc1)C1CCCCC1. The third-order valence-corrected chi connectivity index (χ3v) is 8.62. The van der Waals surface area contributed by atoms with Gasteiger partial charge in [0.1, 0.15) is 0 Å². The number of hydrogen-bond acceptors (Lipinski definition) is 4. The quantitative estimate of drug-likeness (QED) is 0.474. The first-order chi connectivity index (χ1) is 14.7. The predicted molar refractivity (Wildman–Crippen MR) is 130 cm³/mol. The van der Waals surface area contributed by atoms with Crippen LogP contribution in [0.25, 0.3) is 5.57 Å². The normalized spacial score (nSPS) is 18.6. The molecule has 1 atom stereocenters. The smallest absolute Gasteiger partial charge is 0.335 e. The molecule has 0 saturated heterocycles. The van der Waals surface area contributed by atoms with E-state index in [1.165, 1.54) is 65.2 Å². The van der Waals surface area contributed by atoms with Gasteiger partial charge < -0.3 is 10.4 Å². The second-order valence-electron chi connectivity index (χ2n) is 8.30. The molecule has 0 amide bonds. The number of aryl methyl sites for hydroxylation is 1. The lowest BCUT2D eigenvalue weighted by Gasteiger charge is -2.32. The van der Waals surface area contributed by atoms with Gasteiger partial charge in [-0.2, -0.15) is 11.8 Å². The topological polar surface area (TPSA) is 49.3 Å². The first kappa shape index (κ1) is 21.5. The highest BCUT2D eigenvalue weighted by Crippen LogP contribution is 2.42. The zero-order valence-electron chi connectivity index (χ0n) is 17.7. The molecule has 0 bridgehead atoms. The van der Waals surface area contributed by atoms with E-state index in [1.807, 2.05) is 35.2 Å². The molecule has 2 heterocycles. The van der Waals surface area contributed by atoms with E-state index in [0.29, 0.717) is 17.5 Å². The number of carboxylic acid groups (broad SMARTS) is 1. The lowest BCUT2D eigenvalue weighted by molar-refractivity contribution is 0.0697. The molecule has 0 radical (unpaired) electrons. The summed E-state index contributed by atoms with van der Waals surface area (Å²) >= 11 is 4.00. The highest BCUT2D eigenvalue weighted by Gasteiger charge is 2.28. The molecule has 3 nitrogen and oxygen atoms in total. The highest BCUT2D eigenvalue weighted by atomic mass is 32.2. The first-order valence-corrected chi connectivity index (χ1v) is 13.1. The third kappa shape index (κ3) is 4.94. The summed E-state index contributed by atoms with van der Waals surface area (Å²) in [6.45, 7) is 2.27. The molecule has 0 spiro atoms. The number of carbonyl (C=O) groups is 1. The van der Waals surface area contributed by atoms with Crippen molar-refractivity contribution in [2.24, 2.45) is 5.92 Å². The van der Waals surface area contributed by atoms with Gasteiger partial charge >= 0.3 is 5.97 Å². The minimum Gasteiger partial charge on any atom is -0.478 e. The van der Waals surface area contributed by atoms with Gasteiger partial charge in [-0.15, -0.1) is 11.3 Å². The van der Waals surface area contributed by atoms with Crippen LogP contribution >= 0.6 is 23.1 Å². The number of carboxylic acids is 1. The van der Waals surface area contributed by atoms with Gasteiger partial charge in [-0.1, -0.05) is 32.3 Å². The Bertz CT molecular complexity index is 894. The Kier molecular flexibility index (Phi) is 7.21. The van der Waals surface area contributed by atoms with E-state index in [0.717, 1.165) is 17.9 Å². The van der Waals surface area contributed by atoms with Crippen LogP contribution in [0.2, 0.25) is 0 Å². The summed E-state index contributed by atoms with van der Waals surface area (Å²) in [6.07, 6.45) is 11.1. The third-order valence-electron chi connectivity index (χ3n) is 6.35. The summed E-state index contributed by atoms with van der Waals surface area (Å²) in [6, 6.07) is 9.99. The largest absolute Gasteiger partial charge is 0.478 e. The van der Waals surface area contributed by atoms with Crippen molar-refractivity contribution in [1.82, 2.24) is 0 Å². The van der Waals surface area contributed by atoms with Crippen molar-refractivity contribution in [1.29, 1.82) is 0 Å². The van der Waals surface area contributed by atoms with E-state index in [-0.39, 0.29) is 0 Å². The number of benzene rings is 1. The van der Waals surface area contributed by atoms with Crippen LogP contribution in [0.5, 0.6) is 0 Å². The fourth-order valence-corrected chi connectivity index (χ4v) is 6.76. The van der Waals surface area contributed by atoms with Gasteiger partial charge in [0.2, 0.25) is 0 Å². The molecule has 1 aromatic heterocycles. The van der Waals surface area contributed by atoms with Crippen LogP contribution in [0.4, 0.5) is 5.69 Å². The standard InChI is InChI=1S/C25H31NO2S2/c1-2-22-21(16-23(30-22)17-12-14-29-15-13-17)24(18-6-4-3-5-7-18)26-20-10-8-19(9-11-20)25(27)28/h8-12,16,18,24,26H,2-7,13-15H2,1H3,(H,27,28). The van der Waals surface area contributed by atoms with E-state index in [2.05, 4.69) is 24.4 Å². The molecule has 2 N–H and O–H groups in total. The summed E-state index contributed by atoms with van der Waals surface area (Å²) in [4.78, 5) is 14.2. The molecule has 30 heavy (non-hydrogen) atoms. The number of anilines is 1. The average molecular weight is 442 g/mol. The number of thioether (sulfide) groups is 1. The highest BCUT2D eigenvalue weighted by molar-refractivity contribution is 7.99. The molecule has 1 aliphatic carbocycles. The molecule has 2 aromatic rings. The van der Waals surface area contributed by atoms with Crippen molar-refractivity contribution in [3.05, 3.63) is 57.3 Å². The average Bonchev–Trinajstić information content (AvgIpc) is 3.23. The van der Waals surface area contributed by atoms with Gasteiger partial charge in [-0.3, -0.25) is 0 Å². The van der Waals surface area contributed by atoms with Crippen molar-refractivity contribution < 1.29 is 9.90 Å². The van der Waals surface area contributed by atoms with Gasteiger partial charge in [-0.25, -0.2) is 4.79 Å². The number of hydrogen-bond donors (Lipinski definition) is 2. The van der Waals surface area contributed by atoms with E-state index < -0.39 is 5.97 Å². The minimum atomic E-state index is -0.875. The Morgan fingerprint density at radius 3 is 2.60 bits per heavy atom. The number of allylic oxidation sites excluding steroid dienone is 1. The van der Waals surface area contributed by atoms with Crippen LogP contribution in [0.15, 0.2) is 36.4 Å². The van der Waals surface area contributed by atoms with Crippen LogP contribution in [0.1, 0.15) is 77.2 Å². The van der Waals surface area contributed by atoms with E-state index in [4.69, 9.17) is 0 Å². The number of aromatic carboxylic acids is 1. The molecule has 1 unspecified atom stereocenters. The molecule has 2 aliphatic rings. The fraction of sp³-hybridized carbons (Fsp3) is 0.480. The summed E-state index contributed by atoms with van der Waals surface area (Å²) in [7, 11) is 0. The molecule has 1 aliphatic heterocycles. The van der Waals surface area contributed by atoms with Crippen molar-refractivity contribution in [2.45, 2.75) is 57.9 Å². The maximum Gasteiger partial charge on any atom is 0.335 e. The van der Waals surface area contributed by atoms with Crippen LogP contribution in [-0.2, 0) is 6.42 Å². The van der Waals surface area contributed by atoms with Gasteiger partial charge in [0, 0.05) is 21.2 Å². The Morgan fingerprint density at radius 1 is 1.20 bits per heavy atom. The lowest BCUT2D eigenvalue weighted by atomic mass is 9.80. The molecule has 160 valence electrons. The molecule has 1 fully saturated rings. The molecular formula is C25H31NO2S2. The number of thiophene rings is 1. The summed E-state index contributed by atoms with van der Waals surface area (Å²) in [5.41, 5.74) is 4.33. The summed E-state index contributed by atoms with van der Waals surface area (Å²) in [5.74, 6) is 2.10. The van der Waals surface area contributed by atoms with E-state index in [1.54, 1.807) is 12.1 Å². The first-order valence-electron chi connectivity index (χ1n) is 11.2. The van der Waals surface area contributed by atoms with Crippen LogP contribution in [0.3, 0.4) is 0 Å². The van der Waals surface area contributed by atoms with E-state index in [9.17, 15) is 9.90 Å². The second-order valence-corrected chi connectivity index (χ2v) is 10.6. The van der Waals surface area contributed by atoms with Crippen molar-refractivity contribution >= 4 is 40.3 Å². The Morgan fingerprint density at radius 2 is 1.97 bits per heavy atom. The Labute approximate surface area is 188 Å². The summed E-state index contributed by atoms with van der Waals surface area (Å²) in [5, 5.41) is 13.0. The van der Waals surface area contributed by atoms with Crippen molar-refractivity contribution in [2.75, 3.05) is 16.8 Å². The van der Waals surface area contributed by atoms with Crippen LogP contribution < -0.4 is 5.32 Å². The fourth-order valence-electron chi connectivity index (χ4n) is 4.70. The lowest BCUT2D eigenvalue weighted by Crippen LogP contribution is -2.23. The van der Waals surface area contributed by atoms with Gasteiger partial charge in [0.25, 0.3) is 0 Å². The summed E-state index contributed by atoms with van der Waals surface area (Å²) < 4.78 is 0. The predicted octanol–water partition coefficient (Wildman–Crippen LogP) is 7.26. The Balaban J connectivity index is 1.66. The molecule has 1 saturated carbocycles. The molecular weight excluding hydrogens is 410 g/mol. The number of rotatable bonds is 7. The zero-order valence-corrected chi connectivity index (χ0v) is 19.3. The van der Waals surface area contributed by atoms with Gasteiger partial charge in [-0.05, 0) is 78.8 Å². The Hall–Kier alpha value is -1.72. The minimum absolute atomic E-state index is 0.291. The molecule has 1 aromatic carbocycles. The maximum atomic E-state index is 11.2. The van der Waals surface area contributed by atoms with Crippen LogP contribution in [-0.4, -0.2) is 22.6 Å². The monoisotopic (exact) mass is 441 g/mol. The van der Waals surface area contributed by atoms with E-state index >= 15 is 0 Å².